The highest BCUT2D eigenvalue weighted by Crippen LogP contribution is 2.08. The molecule has 0 saturated carbocycles. The first kappa shape index (κ1) is 13.8. The van der Waals surface area contributed by atoms with E-state index in [1.807, 2.05) is 19.1 Å². The van der Waals surface area contributed by atoms with Crippen molar-refractivity contribution in [2.24, 2.45) is 0 Å². The van der Waals surface area contributed by atoms with Crippen LogP contribution in [0.15, 0.2) is 54.6 Å². The van der Waals surface area contributed by atoms with E-state index in [2.05, 4.69) is 9.78 Å². The van der Waals surface area contributed by atoms with E-state index in [9.17, 15) is 9.59 Å². The second kappa shape index (κ2) is 6.52. The van der Waals surface area contributed by atoms with Crippen LogP contribution >= 0.6 is 0 Å². The molecule has 0 aliphatic heterocycles. The summed E-state index contributed by atoms with van der Waals surface area (Å²) in [6.45, 7) is 2.02. The summed E-state index contributed by atoms with van der Waals surface area (Å²) in [5, 5.41) is 0. The Kier molecular flexibility index (Phi) is 4.50. The number of rotatable bonds is 3. The normalized spacial score (nSPS) is 9.85. The molecule has 0 aliphatic rings. The second-order valence-corrected chi connectivity index (χ2v) is 4.16. The van der Waals surface area contributed by atoms with Crippen molar-refractivity contribution in [3.63, 3.8) is 0 Å². The van der Waals surface area contributed by atoms with Crippen molar-refractivity contribution in [2.45, 2.75) is 13.3 Å². The van der Waals surface area contributed by atoms with Crippen LogP contribution in [0.4, 0.5) is 0 Å². The fourth-order valence-corrected chi connectivity index (χ4v) is 1.62. The molecule has 0 heterocycles. The lowest BCUT2D eigenvalue weighted by molar-refractivity contribution is -0.187. The second-order valence-electron chi connectivity index (χ2n) is 4.16. The Morgan fingerprint density at radius 1 is 0.800 bits per heavy atom. The van der Waals surface area contributed by atoms with Crippen molar-refractivity contribution in [1.29, 1.82) is 0 Å². The monoisotopic (exact) mass is 270 g/mol. The van der Waals surface area contributed by atoms with Crippen molar-refractivity contribution in [3.8, 4) is 0 Å². The third-order valence-corrected chi connectivity index (χ3v) is 2.80. The predicted octanol–water partition coefficient (Wildman–Crippen LogP) is 3.18. The molecular formula is C16H14O4. The Labute approximate surface area is 116 Å². The van der Waals surface area contributed by atoms with Gasteiger partial charge >= 0.3 is 11.9 Å². The van der Waals surface area contributed by atoms with Gasteiger partial charge in [0, 0.05) is 0 Å². The van der Waals surface area contributed by atoms with Crippen LogP contribution in [-0.4, -0.2) is 11.9 Å². The van der Waals surface area contributed by atoms with E-state index in [0.717, 1.165) is 12.0 Å². The van der Waals surface area contributed by atoms with Gasteiger partial charge in [-0.1, -0.05) is 37.3 Å². The zero-order chi connectivity index (χ0) is 14.4. The van der Waals surface area contributed by atoms with E-state index in [1.165, 1.54) is 0 Å². The van der Waals surface area contributed by atoms with Gasteiger partial charge in [0.05, 0.1) is 11.1 Å². The number of benzene rings is 2. The van der Waals surface area contributed by atoms with Gasteiger partial charge in [0.2, 0.25) is 0 Å². The smallest absolute Gasteiger partial charge is 0.242 e. The molecule has 0 saturated heterocycles. The van der Waals surface area contributed by atoms with Crippen LogP contribution in [-0.2, 0) is 16.2 Å². The minimum Gasteiger partial charge on any atom is -0.242 e. The quantitative estimate of drug-likeness (QED) is 0.635. The number of hydrogen-bond donors (Lipinski definition) is 0. The van der Waals surface area contributed by atoms with E-state index >= 15 is 0 Å². The Morgan fingerprint density at radius 3 is 1.80 bits per heavy atom. The average Bonchev–Trinajstić information content (AvgIpc) is 2.53. The van der Waals surface area contributed by atoms with E-state index in [0.29, 0.717) is 11.1 Å². The van der Waals surface area contributed by atoms with E-state index in [-0.39, 0.29) is 0 Å². The largest absolute Gasteiger partial charge is 0.386 e. The summed E-state index contributed by atoms with van der Waals surface area (Å²) in [5.74, 6) is -1.40. The van der Waals surface area contributed by atoms with Gasteiger partial charge in [0.1, 0.15) is 0 Å². The molecule has 0 spiro atoms. The van der Waals surface area contributed by atoms with Gasteiger partial charge in [-0.2, -0.15) is 0 Å². The fraction of sp³-hybridized carbons (Fsp3) is 0.125. The van der Waals surface area contributed by atoms with Gasteiger partial charge < -0.3 is 0 Å². The van der Waals surface area contributed by atoms with Gasteiger partial charge in [-0.25, -0.2) is 19.4 Å². The van der Waals surface area contributed by atoms with Crippen LogP contribution in [0, 0.1) is 0 Å². The van der Waals surface area contributed by atoms with Crippen molar-refractivity contribution in [3.05, 3.63) is 71.3 Å². The van der Waals surface area contributed by atoms with Gasteiger partial charge in [0.15, 0.2) is 0 Å². The highest BCUT2D eigenvalue weighted by molar-refractivity contribution is 5.92. The molecule has 102 valence electrons. The lowest BCUT2D eigenvalue weighted by atomic mass is 10.1. The summed E-state index contributed by atoms with van der Waals surface area (Å²) in [5.41, 5.74) is 1.77. The third-order valence-electron chi connectivity index (χ3n) is 2.80. The summed E-state index contributed by atoms with van der Waals surface area (Å²) in [6, 6.07) is 15.3. The van der Waals surface area contributed by atoms with E-state index in [4.69, 9.17) is 0 Å². The van der Waals surface area contributed by atoms with E-state index < -0.39 is 11.9 Å². The predicted molar refractivity (Wildman–Crippen MR) is 73.1 cm³/mol. The molecule has 0 bridgehead atoms. The molecule has 0 radical (unpaired) electrons. The summed E-state index contributed by atoms with van der Waals surface area (Å²) >= 11 is 0. The molecule has 0 amide bonds. The van der Waals surface area contributed by atoms with Crippen LogP contribution in [0.5, 0.6) is 0 Å². The molecular weight excluding hydrogens is 256 g/mol. The van der Waals surface area contributed by atoms with Crippen LogP contribution in [0.25, 0.3) is 0 Å². The Hall–Kier alpha value is -2.62. The maximum atomic E-state index is 11.7. The molecule has 20 heavy (non-hydrogen) atoms. The van der Waals surface area contributed by atoms with Crippen molar-refractivity contribution >= 4 is 11.9 Å². The molecule has 0 atom stereocenters. The van der Waals surface area contributed by atoms with Crippen molar-refractivity contribution in [1.82, 2.24) is 0 Å². The minimum atomic E-state index is -0.705. The molecule has 2 rings (SSSR count). The summed E-state index contributed by atoms with van der Waals surface area (Å²) in [4.78, 5) is 32.3. The zero-order valence-electron chi connectivity index (χ0n) is 11.0. The van der Waals surface area contributed by atoms with Gasteiger partial charge in [0.25, 0.3) is 0 Å². The Morgan fingerprint density at radius 2 is 1.30 bits per heavy atom. The highest BCUT2D eigenvalue weighted by atomic mass is 17.2. The summed E-state index contributed by atoms with van der Waals surface area (Å²) < 4.78 is 0. The Balaban J connectivity index is 1.93. The lowest BCUT2D eigenvalue weighted by Crippen LogP contribution is -2.11. The number of carbonyl (C=O) groups is 2. The molecule has 0 aliphatic carbocycles. The first-order chi connectivity index (χ1) is 9.70. The van der Waals surface area contributed by atoms with Gasteiger partial charge in [-0.3, -0.25) is 0 Å². The molecule has 4 nitrogen and oxygen atoms in total. The minimum absolute atomic E-state index is 0.321. The van der Waals surface area contributed by atoms with Gasteiger partial charge in [-0.15, -0.1) is 0 Å². The molecule has 2 aromatic rings. The molecule has 4 heteroatoms. The first-order valence-corrected chi connectivity index (χ1v) is 6.28. The van der Waals surface area contributed by atoms with Crippen LogP contribution in [0.3, 0.4) is 0 Å². The van der Waals surface area contributed by atoms with Crippen LogP contribution in [0.1, 0.15) is 33.2 Å². The molecule has 2 aromatic carbocycles. The summed E-state index contributed by atoms with van der Waals surface area (Å²) in [7, 11) is 0. The number of hydrogen-bond acceptors (Lipinski definition) is 4. The SMILES string of the molecule is CCc1ccc(C(=O)OOC(=O)c2ccccc2)cc1. The fourth-order valence-electron chi connectivity index (χ4n) is 1.62. The van der Waals surface area contributed by atoms with Crippen molar-refractivity contribution < 1.29 is 19.4 Å². The zero-order valence-corrected chi connectivity index (χ0v) is 11.0. The number of carbonyl (C=O) groups excluding carboxylic acids is 2. The first-order valence-electron chi connectivity index (χ1n) is 6.28. The maximum Gasteiger partial charge on any atom is 0.386 e. The van der Waals surface area contributed by atoms with Crippen LogP contribution < -0.4 is 0 Å². The average molecular weight is 270 g/mol. The molecule has 0 fully saturated rings. The highest BCUT2D eigenvalue weighted by Gasteiger charge is 2.13. The van der Waals surface area contributed by atoms with Crippen molar-refractivity contribution in [2.75, 3.05) is 0 Å². The molecule has 0 aromatic heterocycles. The molecule has 0 unspecified atom stereocenters. The topological polar surface area (TPSA) is 52.6 Å². The maximum absolute atomic E-state index is 11.7. The standard InChI is InChI=1S/C16H14O4/c1-2-12-8-10-14(11-9-12)16(18)20-19-15(17)13-6-4-3-5-7-13/h3-11H,2H2,1H3. The molecule has 0 N–H and O–H groups in total. The number of aryl methyl sites for hydroxylation is 1. The lowest BCUT2D eigenvalue weighted by Gasteiger charge is -2.04. The summed E-state index contributed by atoms with van der Waals surface area (Å²) in [6.07, 6.45) is 0.887. The van der Waals surface area contributed by atoms with Crippen LogP contribution in [0.2, 0.25) is 0 Å². The Bertz CT molecular complexity index is 588. The van der Waals surface area contributed by atoms with E-state index in [1.54, 1.807) is 42.5 Å². The van der Waals surface area contributed by atoms with Gasteiger partial charge in [-0.05, 0) is 36.2 Å². The third kappa shape index (κ3) is 3.45.